The maximum Gasteiger partial charge on any atom is 0.264 e. The molecule has 0 radical (unpaired) electrons. The number of rotatable bonds is 7. The molecule has 0 aromatic heterocycles. The zero-order valence-electron chi connectivity index (χ0n) is 11.8. The van der Waals surface area contributed by atoms with Crippen LogP contribution in [0.25, 0.3) is 0 Å². The van der Waals surface area contributed by atoms with Crippen molar-refractivity contribution in [2.75, 3.05) is 12.3 Å². The molecule has 0 bridgehead atoms. The van der Waals surface area contributed by atoms with Crippen molar-refractivity contribution in [2.45, 2.75) is 39.2 Å². The van der Waals surface area contributed by atoms with E-state index >= 15 is 0 Å². The minimum absolute atomic E-state index is 0.106. The summed E-state index contributed by atoms with van der Waals surface area (Å²) in [5.74, 6) is -0.194. The van der Waals surface area contributed by atoms with Crippen molar-refractivity contribution < 1.29 is 13.0 Å². The van der Waals surface area contributed by atoms with E-state index in [1.807, 2.05) is 12.1 Å². The highest BCUT2D eigenvalue weighted by molar-refractivity contribution is 7.85. The predicted octanol–water partition coefficient (Wildman–Crippen LogP) is 2.18. The molecule has 1 aromatic carbocycles. The molecule has 0 fully saturated rings. The lowest BCUT2D eigenvalue weighted by molar-refractivity contribution is 0.385. The Bertz CT molecular complexity index is 509. The topological polar surface area (TPSA) is 66.4 Å². The Labute approximate surface area is 116 Å². The highest BCUT2D eigenvalue weighted by Gasteiger charge is 2.18. The van der Waals surface area contributed by atoms with Crippen LogP contribution in [0.1, 0.15) is 31.4 Å². The van der Waals surface area contributed by atoms with Crippen molar-refractivity contribution in [2.24, 2.45) is 0 Å². The molecular weight excluding hydrogens is 262 g/mol. The van der Waals surface area contributed by atoms with Gasteiger partial charge in [0.15, 0.2) is 0 Å². The fourth-order valence-corrected chi connectivity index (χ4v) is 2.54. The van der Waals surface area contributed by atoms with Gasteiger partial charge in [0.25, 0.3) is 10.1 Å². The van der Waals surface area contributed by atoms with Gasteiger partial charge in [-0.3, -0.25) is 4.55 Å². The SMILES string of the molecule is Cc1ccccc1CC(C)(C)NCCCS(=O)(=O)O. The second kappa shape index (κ2) is 6.50. The van der Waals surface area contributed by atoms with Crippen LogP contribution >= 0.6 is 0 Å². The first-order valence-corrected chi connectivity index (χ1v) is 8.05. The van der Waals surface area contributed by atoms with Crippen molar-refractivity contribution in [1.29, 1.82) is 0 Å². The van der Waals surface area contributed by atoms with Crippen LogP contribution in [0.5, 0.6) is 0 Å². The van der Waals surface area contributed by atoms with Crippen molar-refractivity contribution in [3.05, 3.63) is 35.4 Å². The van der Waals surface area contributed by atoms with Crippen LogP contribution in [0.4, 0.5) is 0 Å². The lowest BCUT2D eigenvalue weighted by Gasteiger charge is -2.27. The van der Waals surface area contributed by atoms with Crippen LogP contribution in [-0.4, -0.2) is 30.8 Å². The summed E-state index contributed by atoms with van der Waals surface area (Å²) < 4.78 is 29.9. The minimum atomic E-state index is -3.85. The zero-order valence-corrected chi connectivity index (χ0v) is 12.6. The summed E-state index contributed by atoms with van der Waals surface area (Å²) in [6.07, 6.45) is 1.29. The average molecular weight is 285 g/mol. The molecule has 2 N–H and O–H groups in total. The molecule has 1 rings (SSSR count). The van der Waals surface area contributed by atoms with Crippen LogP contribution in [0.3, 0.4) is 0 Å². The van der Waals surface area contributed by atoms with Gasteiger partial charge < -0.3 is 5.32 Å². The van der Waals surface area contributed by atoms with Crippen molar-refractivity contribution in [3.8, 4) is 0 Å². The zero-order chi connectivity index (χ0) is 14.5. The number of hydrogen-bond donors (Lipinski definition) is 2. The van der Waals surface area contributed by atoms with Crippen LogP contribution in [0.2, 0.25) is 0 Å². The molecule has 0 spiro atoms. The highest BCUT2D eigenvalue weighted by atomic mass is 32.2. The number of aryl methyl sites for hydroxylation is 1. The third kappa shape index (κ3) is 6.71. The molecular formula is C14H23NO3S. The van der Waals surface area contributed by atoms with Gasteiger partial charge in [-0.25, -0.2) is 0 Å². The summed E-state index contributed by atoms with van der Waals surface area (Å²) in [5.41, 5.74) is 2.44. The average Bonchev–Trinajstić information content (AvgIpc) is 2.26. The Morgan fingerprint density at radius 2 is 1.89 bits per heavy atom. The summed E-state index contributed by atoms with van der Waals surface area (Å²) >= 11 is 0. The first kappa shape index (κ1) is 16.1. The third-order valence-corrected chi connectivity index (χ3v) is 3.88. The lowest BCUT2D eigenvalue weighted by Crippen LogP contribution is -2.42. The molecule has 0 amide bonds. The monoisotopic (exact) mass is 285 g/mol. The maximum atomic E-state index is 10.6. The van der Waals surface area contributed by atoms with Gasteiger partial charge in [-0.1, -0.05) is 24.3 Å². The normalized spacial score (nSPS) is 12.6. The van der Waals surface area contributed by atoms with E-state index in [1.165, 1.54) is 11.1 Å². The van der Waals surface area contributed by atoms with Gasteiger partial charge in [-0.2, -0.15) is 8.42 Å². The van der Waals surface area contributed by atoms with Gasteiger partial charge in [0.05, 0.1) is 5.75 Å². The molecule has 108 valence electrons. The Balaban J connectivity index is 2.46. The molecule has 4 nitrogen and oxygen atoms in total. The van der Waals surface area contributed by atoms with Gasteiger partial charge in [0, 0.05) is 5.54 Å². The van der Waals surface area contributed by atoms with E-state index in [0.29, 0.717) is 13.0 Å². The Morgan fingerprint density at radius 1 is 1.26 bits per heavy atom. The Morgan fingerprint density at radius 3 is 2.47 bits per heavy atom. The van der Waals surface area contributed by atoms with Gasteiger partial charge in [-0.05, 0) is 51.3 Å². The molecule has 1 aromatic rings. The molecule has 19 heavy (non-hydrogen) atoms. The van der Waals surface area contributed by atoms with Gasteiger partial charge in [0.2, 0.25) is 0 Å². The van der Waals surface area contributed by atoms with Crippen molar-refractivity contribution in [3.63, 3.8) is 0 Å². The van der Waals surface area contributed by atoms with E-state index in [2.05, 4.69) is 38.2 Å². The van der Waals surface area contributed by atoms with Gasteiger partial charge in [-0.15, -0.1) is 0 Å². The summed E-state index contributed by atoms with van der Waals surface area (Å²) in [7, 11) is -3.85. The molecule has 0 aliphatic rings. The second-order valence-corrected chi connectivity index (χ2v) is 7.13. The smallest absolute Gasteiger partial charge is 0.264 e. The van der Waals surface area contributed by atoms with Crippen molar-refractivity contribution >= 4 is 10.1 Å². The highest BCUT2D eigenvalue weighted by Crippen LogP contribution is 2.16. The summed E-state index contributed by atoms with van der Waals surface area (Å²) in [6, 6.07) is 8.24. The maximum absolute atomic E-state index is 10.6. The Kier molecular flexibility index (Phi) is 5.52. The fourth-order valence-electron chi connectivity index (χ4n) is 2.03. The predicted molar refractivity (Wildman–Crippen MR) is 78.0 cm³/mol. The van der Waals surface area contributed by atoms with E-state index in [0.717, 1.165) is 6.42 Å². The molecule has 0 unspecified atom stereocenters. The third-order valence-electron chi connectivity index (χ3n) is 3.08. The molecule has 0 atom stereocenters. The minimum Gasteiger partial charge on any atom is -0.311 e. The first-order valence-electron chi connectivity index (χ1n) is 6.44. The summed E-state index contributed by atoms with van der Waals surface area (Å²) in [4.78, 5) is 0. The molecule has 0 saturated carbocycles. The molecule has 0 saturated heterocycles. The quantitative estimate of drug-likeness (QED) is 0.595. The number of benzene rings is 1. The van der Waals surface area contributed by atoms with Crippen LogP contribution < -0.4 is 5.32 Å². The largest absolute Gasteiger partial charge is 0.311 e. The van der Waals surface area contributed by atoms with E-state index in [-0.39, 0.29) is 11.3 Å². The fraction of sp³-hybridized carbons (Fsp3) is 0.571. The van der Waals surface area contributed by atoms with E-state index in [1.54, 1.807) is 0 Å². The Hall–Kier alpha value is -0.910. The summed E-state index contributed by atoms with van der Waals surface area (Å²) in [6.45, 7) is 6.84. The summed E-state index contributed by atoms with van der Waals surface area (Å²) in [5, 5.41) is 3.33. The van der Waals surface area contributed by atoms with E-state index in [4.69, 9.17) is 4.55 Å². The van der Waals surface area contributed by atoms with Crippen molar-refractivity contribution in [1.82, 2.24) is 5.32 Å². The van der Waals surface area contributed by atoms with Crippen LogP contribution in [0, 0.1) is 6.92 Å². The second-order valence-electron chi connectivity index (χ2n) is 5.55. The number of nitrogens with one attached hydrogen (secondary N) is 1. The molecule has 0 heterocycles. The van der Waals surface area contributed by atoms with Crippen LogP contribution in [0.15, 0.2) is 24.3 Å². The molecule has 0 aliphatic carbocycles. The molecule has 5 heteroatoms. The van der Waals surface area contributed by atoms with E-state index in [9.17, 15) is 8.42 Å². The van der Waals surface area contributed by atoms with Crippen LogP contribution in [-0.2, 0) is 16.5 Å². The standard InChI is InChI=1S/C14H23NO3S/c1-12-7-4-5-8-13(12)11-14(2,3)15-9-6-10-19(16,17)18/h4-5,7-8,15H,6,9-11H2,1-3H3,(H,16,17,18). The van der Waals surface area contributed by atoms with Gasteiger partial charge >= 0.3 is 0 Å². The lowest BCUT2D eigenvalue weighted by atomic mass is 9.92. The first-order chi connectivity index (χ1) is 8.70. The molecule has 0 aliphatic heterocycles. The number of hydrogen-bond acceptors (Lipinski definition) is 3. The van der Waals surface area contributed by atoms with E-state index < -0.39 is 10.1 Å². The van der Waals surface area contributed by atoms with Gasteiger partial charge in [0.1, 0.15) is 0 Å².